The van der Waals surface area contributed by atoms with Gasteiger partial charge in [0.05, 0.1) is 39.9 Å². The highest BCUT2D eigenvalue weighted by Gasteiger charge is 2.28. The first-order chi connectivity index (χ1) is 40.0. The van der Waals surface area contributed by atoms with E-state index in [-0.39, 0.29) is 19.1 Å². The van der Waals surface area contributed by atoms with Crippen molar-refractivity contribution in [2.24, 2.45) is 0 Å². The van der Waals surface area contributed by atoms with Gasteiger partial charge in [-0.05, 0) is 83.5 Å². The fourth-order valence-electron chi connectivity index (χ4n) is 10.4. The van der Waals surface area contributed by atoms with Crippen molar-refractivity contribution in [3.8, 4) is 0 Å². The standard InChI is InChI=1S/C73H137N2O6P/c1-6-8-10-12-14-16-18-20-22-24-26-28-29-30-31-32-33-34-35-36-37-38-39-40-41-42-43-44-45-47-49-51-53-55-57-59-61-63-65-67-73(77)74-71(70-81-82(78,79)80-69-68-75(3,4)5)72(76)66-64-62-60-58-56-54-52-50-48-46-27-25-23-21-19-17-15-13-11-9-7-2/h18,20,24,26,29-30,48,50,56,58,64,66,71-72,76H,6-17,19,21-23,25,27-28,31-47,49,51-55,57,59-63,65,67-70H2,1-5H3,(H-,74,77,78,79)/p+1/b20-18-,26-24-,30-29-,50-48+,58-56+,66-64+. The number of nitrogens with zero attached hydrogens (tertiary/aromatic N) is 1. The van der Waals surface area contributed by atoms with Crippen LogP contribution in [0.5, 0.6) is 0 Å². The van der Waals surface area contributed by atoms with Crippen LogP contribution in [0.25, 0.3) is 0 Å². The first kappa shape index (κ1) is 79.9. The first-order valence-corrected chi connectivity index (χ1v) is 36.8. The van der Waals surface area contributed by atoms with E-state index in [4.69, 9.17) is 9.05 Å². The summed E-state index contributed by atoms with van der Waals surface area (Å²) in [7, 11) is 1.55. The second-order valence-electron chi connectivity index (χ2n) is 25.2. The summed E-state index contributed by atoms with van der Waals surface area (Å²) in [6, 6.07) is -0.872. The van der Waals surface area contributed by atoms with Crippen LogP contribution < -0.4 is 5.32 Å². The van der Waals surface area contributed by atoms with Crippen molar-refractivity contribution in [2.45, 2.75) is 347 Å². The lowest BCUT2D eigenvalue weighted by Crippen LogP contribution is -2.45. The Morgan fingerprint density at radius 1 is 0.415 bits per heavy atom. The summed E-state index contributed by atoms with van der Waals surface area (Å²) >= 11 is 0. The quantitative estimate of drug-likeness (QED) is 0.0243. The van der Waals surface area contributed by atoms with E-state index in [9.17, 15) is 19.4 Å². The van der Waals surface area contributed by atoms with Crippen molar-refractivity contribution < 1.29 is 32.9 Å². The third-order valence-electron chi connectivity index (χ3n) is 15.9. The predicted octanol–water partition coefficient (Wildman–Crippen LogP) is 22.6. The minimum absolute atomic E-state index is 0.0533. The van der Waals surface area contributed by atoms with Crippen LogP contribution in [0.1, 0.15) is 335 Å². The van der Waals surface area contributed by atoms with Crippen molar-refractivity contribution in [1.29, 1.82) is 0 Å². The zero-order valence-electron chi connectivity index (χ0n) is 55.0. The zero-order valence-corrected chi connectivity index (χ0v) is 55.9. The maximum atomic E-state index is 13.0. The van der Waals surface area contributed by atoms with Gasteiger partial charge in [-0.1, -0.05) is 318 Å². The number of quaternary nitrogens is 1. The lowest BCUT2D eigenvalue weighted by Gasteiger charge is -2.25. The zero-order chi connectivity index (χ0) is 59.8. The molecule has 0 rings (SSSR count). The predicted molar refractivity (Wildman–Crippen MR) is 360 cm³/mol. The second-order valence-corrected chi connectivity index (χ2v) is 26.7. The topological polar surface area (TPSA) is 105 Å². The van der Waals surface area contributed by atoms with E-state index in [0.29, 0.717) is 17.4 Å². The molecular weight excluding hydrogens is 1030 g/mol. The van der Waals surface area contributed by atoms with Crippen LogP contribution in [0, 0.1) is 0 Å². The number of phosphoric acid groups is 1. The number of likely N-dealkylation sites (N-methyl/N-ethyl adjacent to an activating group) is 1. The minimum atomic E-state index is -4.37. The van der Waals surface area contributed by atoms with Crippen molar-refractivity contribution in [3.05, 3.63) is 72.9 Å². The fraction of sp³-hybridized carbons (Fsp3) is 0.822. The number of rotatable bonds is 65. The molecule has 0 saturated heterocycles. The smallest absolute Gasteiger partial charge is 0.387 e. The highest BCUT2D eigenvalue weighted by atomic mass is 31.2. The molecule has 1 amide bonds. The van der Waals surface area contributed by atoms with Crippen molar-refractivity contribution in [3.63, 3.8) is 0 Å². The molecule has 0 fully saturated rings. The molecule has 0 radical (unpaired) electrons. The van der Waals surface area contributed by atoms with Gasteiger partial charge in [0.25, 0.3) is 0 Å². The van der Waals surface area contributed by atoms with Gasteiger partial charge < -0.3 is 19.8 Å². The third-order valence-corrected chi connectivity index (χ3v) is 16.9. The Hall–Kier alpha value is -2.06. The van der Waals surface area contributed by atoms with Gasteiger partial charge in [-0.3, -0.25) is 13.8 Å². The monoisotopic (exact) mass is 1170 g/mol. The van der Waals surface area contributed by atoms with E-state index in [1.165, 1.54) is 257 Å². The Kier molecular flexibility index (Phi) is 61.8. The molecule has 0 heterocycles. The summed E-state index contributed by atoms with van der Waals surface area (Å²) in [6.45, 7) is 4.81. The van der Waals surface area contributed by atoms with E-state index in [1.807, 2.05) is 27.2 Å². The number of aliphatic hydroxyl groups excluding tert-OH is 1. The Balaban J connectivity index is 4.00. The molecule has 0 saturated carbocycles. The number of hydrogen-bond donors (Lipinski definition) is 3. The minimum Gasteiger partial charge on any atom is -0.387 e. The maximum absolute atomic E-state index is 13.0. The number of amides is 1. The van der Waals surface area contributed by atoms with Gasteiger partial charge in [-0.2, -0.15) is 0 Å². The van der Waals surface area contributed by atoms with Crippen LogP contribution in [-0.2, 0) is 18.4 Å². The summed E-state index contributed by atoms with van der Waals surface area (Å²) < 4.78 is 23.8. The molecule has 0 aliphatic rings. The Morgan fingerprint density at radius 3 is 1.06 bits per heavy atom. The van der Waals surface area contributed by atoms with Gasteiger partial charge in [-0.25, -0.2) is 4.57 Å². The number of allylic oxidation sites excluding steroid dienone is 11. The normalized spacial score (nSPS) is 14.1. The molecule has 0 aromatic carbocycles. The molecule has 0 spiro atoms. The number of aliphatic hydroxyl groups is 1. The van der Waals surface area contributed by atoms with Crippen LogP contribution in [0.2, 0.25) is 0 Å². The van der Waals surface area contributed by atoms with Crippen molar-refractivity contribution in [1.82, 2.24) is 5.32 Å². The fourth-order valence-corrected chi connectivity index (χ4v) is 11.1. The third kappa shape index (κ3) is 65.5. The molecule has 0 bridgehead atoms. The molecule has 9 heteroatoms. The molecule has 3 N–H and O–H groups in total. The number of hydrogen-bond acceptors (Lipinski definition) is 5. The lowest BCUT2D eigenvalue weighted by molar-refractivity contribution is -0.870. The van der Waals surface area contributed by atoms with Crippen molar-refractivity contribution in [2.75, 3.05) is 40.9 Å². The van der Waals surface area contributed by atoms with Gasteiger partial charge in [-0.15, -0.1) is 0 Å². The number of carbonyl (C=O) groups excluding carboxylic acids is 1. The van der Waals surface area contributed by atoms with Crippen LogP contribution >= 0.6 is 7.82 Å². The second kappa shape index (κ2) is 63.4. The Bertz CT molecular complexity index is 1570. The largest absolute Gasteiger partial charge is 0.472 e. The molecule has 0 aromatic rings. The molecule has 480 valence electrons. The van der Waals surface area contributed by atoms with E-state index < -0.39 is 20.0 Å². The molecule has 82 heavy (non-hydrogen) atoms. The van der Waals surface area contributed by atoms with E-state index >= 15 is 0 Å². The van der Waals surface area contributed by atoms with Gasteiger partial charge in [0.2, 0.25) is 5.91 Å². The highest BCUT2D eigenvalue weighted by Crippen LogP contribution is 2.43. The van der Waals surface area contributed by atoms with Gasteiger partial charge in [0, 0.05) is 6.42 Å². The number of carbonyl (C=O) groups is 1. The molecule has 0 aliphatic carbocycles. The number of nitrogens with one attached hydrogen (secondary N) is 1. The van der Waals surface area contributed by atoms with E-state index in [1.54, 1.807) is 6.08 Å². The summed E-state index contributed by atoms with van der Waals surface area (Å²) in [4.78, 5) is 23.4. The van der Waals surface area contributed by atoms with Crippen LogP contribution in [0.4, 0.5) is 0 Å². The molecule has 3 atom stereocenters. The number of unbranched alkanes of at least 4 members (excludes halogenated alkanes) is 42. The summed E-state index contributed by atoms with van der Waals surface area (Å²) in [6.07, 6.45) is 89.2. The van der Waals surface area contributed by atoms with Gasteiger partial charge in [0.15, 0.2) is 0 Å². The van der Waals surface area contributed by atoms with Crippen molar-refractivity contribution >= 4 is 13.7 Å². The molecule has 8 nitrogen and oxygen atoms in total. The Morgan fingerprint density at radius 2 is 0.707 bits per heavy atom. The summed E-state index contributed by atoms with van der Waals surface area (Å²) in [5, 5.41) is 14.0. The van der Waals surface area contributed by atoms with E-state index in [2.05, 4.69) is 79.9 Å². The van der Waals surface area contributed by atoms with Gasteiger partial charge >= 0.3 is 7.82 Å². The first-order valence-electron chi connectivity index (χ1n) is 35.3. The van der Waals surface area contributed by atoms with Gasteiger partial charge in [0.1, 0.15) is 13.2 Å². The number of phosphoric ester groups is 1. The molecule has 0 aliphatic heterocycles. The SMILES string of the molecule is CCCCCCC/C=C\C/C=C\C/C=C\CCCCCCCCCCCCCCCCCCCCCCCCCCC(=O)NC(COP(=O)(O)OCC[N+](C)(C)C)C(O)/C=C/CC/C=C/CC/C=C/CCCCCCCCCCCCC. The van der Waals surface area contributed by atoms with E-state index in [0.717, 1.165) is 57.8 Å². The summed E-state index contributed by atoms with van der Waals surface area (Å²) in [5.74, 6) is -0.186. The Labute approximate surface area is 510 Å². The average Bonchev–Trinajstić information content (AvgIpc) is 3.46. The van der Waals surface area contributed by atoms with Crippen LogP contribution in [-0.4, -0.2) is 73.4 Å². The lowest BCUT2D eigenvalue weighted by atomic mass is 10.0. The molecular formula is C73H138N2O6P+. The summed E-state index contributed by atoms with van der Waals surface area (Å²) in [5.41, 5.74) is 0. The van der Waals surface area contributed by atoms with Crippen LogP contribution in [0.3, 0.4) is 0 Å². The van der Waals surface area contributed by atoms with Crippen LogP contribution in [0.15, 0.2) is 72.9 Å². The average molecular weight is 1170 g/mol. The molecule has 0 aromatic heterocycles. The molecule has 3 unspecified atom stereocenters. The highest BCUT2D eigenvalue weighted by molar-refractivity contribution is 7.47. The maximum Gasteiger partial charge on any atom is 0.472 e.